The van der Waals surface area contributed by atoms with E-state index in [-0.39, 0.29) is 5.00 Å². The Kier molecular flexibility index (Phi) is 3.00. The molecule has 0 spiro atoms. The van der Waals surface area contributed by atoms with Crippen LogP contribution in [0.1, 0.15) is 5.56 Å². The molecule has 2 N–H and O–H groups in total. The predicted octanol–water partition coefficient (Wildman–Crippen LogP) is 2.26. The monoisotopic (exact) mass is 225 g/mol. The molecule has 0 radical (unpaired) electrons. The second-order valence-electron chi connectivity index (χ2n) is 2.41. The number of halogens is 3. The Bertz CT molecular complexity index is 334. The molecule has 0 aliphatic rings. The fourth-order valence-corrected chi connectivity index (χ4v) is 1.63. The number of hydrogen-bond acceptors (Lipinski definition) is 3. The fourth-order valence-electron chi connectivity index (χ4n) is 0.825. The highest BCUT2D eigenvalue weighted by molar-refractivity contribution is 7.14. The Morgan fingerprint density at radius 3 is 2.71 bits per heavy atom. The number of hydrogen-bond donors (Lipinski definition) is 2. The molecule has 1 rings (SSSR count). The lowest BCUT2D eigenvalue weighted by Crippen LogP contribution is -2.14. The van der Waals surface area contributed by atoms with Gasteiger partial charge in [0.05, 0.1) is 5.56 Å². The maximum absolute atomic E-state index is 12.2. The van der Waals surface area contributed by atoms with E-state index in [1.165, 1.54) is 5.38 Å². The summed E-state index contributed by atoms with van der Waals surface area (Å²) in [5.41, 5.74) is -0.830. The van der Waals surface area contributed by atoms with Gasteiger partial charge in [0.2, 0.25) is 0 Å². The smallest absolute Gasteiger partial charge is 0.419 e. The highest BCUT2D eigenvalue weighted by Crippen LogP contribution is 2.37. The molecule has 1 aromatic rings. The molecule has 0 aliphatic heterocycles. The molecular weight excluding hydrogens is 219 g/mol. The van der Waals surface area contributed by atoms with Crippen LogP contribution in [0.2, 0.25) is 0 Å². The number of carboxylic acid groups (broad SMARTS) is 1. The van der Waals surface area contributed by atoms with Gasteiger partial charge in [0, 0.05) is 0 Å². The number of alkyl halides is 3. The van der Waals surface area contributed by atoms with Crippen LogP contribution in [-0.4, -0.2) is 17.6 Å². The molecule has 78 valence electrons. The summed E-state index contributed by atoms with van der Waals surface area (Å²) in [4.78, 5) is 10.1. The Balaban J connectivity index is 2.78. The zero-order valence-electron chi connectivity index (χ0n) is 6.76. The van der Waals surface area contributed by atoms with Crippen LogP contribution in [0.25, 0.3) is 0 Å². The van der Waals surface area contributed by atoms with Gasteiger partial charge in [0.15, 0.2) is 0 Å². The summed E-state index contributed by atoms with van der Waals surface area (Å²) in [5, 5.41) is 11.6. The molecule has 0 saturated heterocycles. The van der Waals surface area contributed by atoms with E-state index in [1.807, 2.05) is 0 Å². The van der Waals surface area contributed by atoms with Gasteiger partial charge in [-0.2, -0.15) is 13.2 Å². The van der Waals surface area contributed by atoms with Crippen molar-refractivity contribution in [1.82, 2.24) is 0 Å². The van der Waals surface area contributed by atoms with Gasteiger partial charge in [-0.1, -0.05) is 0 Å². The van der Waals surface area contributed by atoms with Gasteiger partial charge >= 0.3 is 12.1 Å². The van der Waals surface area contributed by atoms with Crippen molar-refractivity contribution < 1.29 is 23.1 Å². The normalized spacial score (nSPS) is 11.4. The number of aliphatic carboxylic acids is 1. The molecule has 0 saturated carbocycles. The zero-order valence-corrected chi connectivity index (χ0v) is 7.58. The Morgan fingerprint density at radius 2 is 2.21 bits per heavy atom. The first-order chi connectivity index (χ1) is 6.41. The van der Waals surface area contributed by atoms with E-state index in [9.17, 15) is 18.0 Å². The summed E-state index contributed by atoms with van der Waals surface area (Å²) in [6.45, 7) is -0.524. The van der Waals surface area contributed by atoms with Crippen molar-refractivity contribution in [2.75, 3.05) is 11.9 Å². The highest BCUT2D eigenvalue weighted by Gasteiger charge is 2.34. The van der Waals surface area contributed by atoms with Gasteiger partial charge in [-0.3, -0.25) is 4.79 Å². The Hall–Kier alpha value is -1.24. The van der Waals surface area contributed by atoms with Crippen LogP contribution in [0.5, 0.6) is 0 Å². The maximum Gasteiger partial charge on any atom is 0.419 e. The van der Waals surface area contributed by atoms with E-state index in [0.29, 0.717) is 0 Å². The molecular formula is C7H6F3NO2S. The van der Waals surface area contributed by atoms with Crippen LogP contribution in [0, 0.1) is 0 Å². The van der Waals surface area contributed by atoms with Crippen LogP contribution in [0.3, 0.4) is 0 Å². The van der Waals surface area contributed by atoms with Crippen molar-refractivity contribution >= 4 is 22.3 Å². The lowest BCUT2D eigenvalue weighted by molar-refractivity contribution is -0.137. The quantitative estimate of drug-likeness (QED) is 0.829. The van der Waals surface area contributed by atoms with Crippen molar-refractivity contribution in [3.63, 3.8) is 0 Å². The number of carboxylic acids is 1. The SMILES string of the molecule is O=C(O)CNc1sccc1C(F)(F)F. The molecule has 14 heavy (non-hydrogen) atoms. The van der Waals surface area contributed by atoms with E-state index in [0.717, 1.165) is 17.4 Å². The standard InChI is InChI=1S/C7H6F3NO2S/c8-7(9,10)4-1-2-14-6(4)11-3-5(12)13/h1-2,11H,3H2,(H,12,13). The number of thiophene rings is 1. The van der Waals surface area contributed by atoms with Crippen LogP contribution in [-0.2, 0) is 11.0 Å². The minimum atomic E-state index is -4.44. The first-order valence-corrected chi connectivity index (χ1v) is 4.39. The van der Waals surface area contributed by atoms with Gasteiger partial charge < -0.3 is 10.4 Å². The average molecular weight is 225 g/mol. The lowest BCUT2D eigenvalue weighted by Gasteiger charge is -2.07. The number of anilines is 1. The maximum atomic E-state index is 12.2. The molecule has 7 heteroatoms. The van der Waals surface area contributed by atoms with Crippen LogP contribution in [0.4, 0.5) is 18.2 Å². The zero-order chi connectivity index (χ0) is 10.8. The Morgan fingerprint density at radius 1 is 1.57 bits per heavy atom. The third-order valence-corrected chi connectivity index (χ3v) is 2.24. The molecule has 0 aliphatic carbocycles. The summed E-state index contributed by atoms with van der Waals surface area (Å²) in [6.07, 6.45) is -4.44. The van der Waals surface area contributed by atoms with E-state index in [4.69, 9.17) is 5.11 Å². The molecule has 0 bridgehead atoms. The molecule has 0 amide bonds. The van der Waals surface area contributed by atoms with Crippen LogP contribution < -0.4 is 5.32 Å². The summed E-state index contributed by atoms with van der Waals surface area (Å²) in [6, 6.07) is 0.912. The molecule has 0 fully saturated rings. The second kappa shape index (κ2) is 3.87. The van der Waals surface area contributed by atoms with E-state index >= 15 is 0 Å². The molecule has 1 aromatic heterocycles. The predicted molar refractivity (Wildman–Crippen MR) is 45.4 cm³/mol. The van der Waals surface area contributed by atoms with Gasteiger partial charge in [0.1, 0.15) is 11.5 Å². The number of carbonyl (C=O) groups is 1. The highest BCUT2D eigenvalue weighted by atomic mass is 32.1. The number of rotatable bonds is 3. The van der Waals surface area contributed by atoms with Crippen molar-refractivity contribution in [3.8, 4) is 0 Å². The van der Waals surface area contributed by atoms with Gasteiger partial charge in [-0.25, -0.2) is 0 Å². The largest absolute Gasteiger partial charge is 0.480 e. The van der Waals surface area contributed by atoms with Crippen molar-refractivity contribution in [3.05, 3.63) is 17.0 Å². The van der Waals surface area contributed by atoms with Crippen LogP contribution in [0.15, 0.2) is 11.4 Å². The molecule has 0 unspecified atom stereocenters. The van der Waals surface area contributed by atoms with Crippen molar-refractivity contribution in [2.45, 2.75) is 6.18 Å². The third-order valence-electron chi connectivity index (χ3n) is 1.37. The van der Waals surface area contributed by atoms with E-state index in [1.54, 1.807) is 0 Å². The topological polar surface area (TPSA) is 49.3 Å². The molecule has 1 heterocycles. The molecule has 0 aromatic carbocycles. The van der Waals surface area contributed by atoms with Gasteiger partial charge in [-0.05, 0) is 11.4 Å². The van der Waals surface area contributed by atoms with Crippen LogP contribution >= 0.6 is 11.3 Å². The lowest BCUT2D eigenvalue weighted by atomic mass is 10.3. The number of nitrogens with one attached hydrogen (secondary N) is 1. The minimum absolute atomic E-state index is 0.167. The minimum Gasteiger partial charge on any atom is -0.480 e. The van der Waals surface area contributed by atoms with Gasteiger partial charge in [0.25, 0.3) is 0 Å². The fraction of sp³-hybridized carbons (Fsp3) is 0.286. The first-order valence-electron chi connectivity index (χ1n) is 3.51. The summed E-state index contributed by atoms with van der Waals surface area (Å²) in [5.74, 6) is -1.20. The van der Waals surface area contributed by atoms with E-state index < -0.39 is 24.3 Å². The van der Waals surface area contributed by atoms with E-state index in [2.05, 4.69) is 5.32 Å². The molecule has 0 atom stereocenters. The third kappa shape index (κ3) is 2.63. The Labute approximate surface area is 81.2 Å². The average Bonchev–Trinajstić information content (AvgIpc) is 2.46. The summed E-state index contributed by atoms with van der Waals surface area (Å²) in [7, 11) is 0. The second-order valence-corrected chi connectivity index (χ2v) is 3.32. The van der Waals surface area contributed by atoms with Gasteiger partial charge in [-0.15, -0.1) is 11.3 Å². The first kappa shape index (κ1) is 10.8. The summed E-state index contributed by atoms with van der Waals surface area (Å²) < 4.78 is 36.7. The van der Waals surface area contributed by atoms with Crippen molar-refractivity contribution in [1.29, 1.82) is 0 Å². The van der Waals surface area contributed by atoms with Crippen molar-refractivity contribution in [2.24, 2.45) is 0 Å². The molecule has 3 nitrogen and oxygen atoms in total. The summed E-state index contributed by atoms with van der Waals surface area (Å²) >= 11 is 0.824.